The molecule has 1 fully saturated rings. The van der Waals surface area contributed by atoms with Crippen molar-refractivity contribution in [2.45, 2.75) is 58.9 Å². The molecule has 0 bridgehead atoms. The summed E-state index contributed by atoms with van der Waals surface area (Å²) in [4.78, 5) is 4.27. The molecule has 2 N–H and O–H groups in total. The van der Waals surface area contributed by atoms with E-state index in [0.29, 0.717) is 6.04 Å². The molecule has 3 nitrogen and oxygen atoms in total. The molecule has 1 rings (SSSR count). The minimum Gasteiger partial charge on any atom is -0.356 e. The van der Waals surface area contributed by atoms with Crippen LogP contribution in [-0.4, -0.2) is 25.6 Å². The van der Waals surface area contributed by atoms with Crippen LogP contribution >= 0.6 is 0 Å². The Hall–Kier alpha value is -0.730. The fourth-order valence-corrected chi connectivity index (χ4v) is 1.90. The van der Waals surface area contributed by atoms with Crippen molar-refractivity contribution < 1.29 is 0 Å². The first-order valence-corrected chi connectivity index (χ1v) is 7.09. The van der Waals surface area contributed by atoms with Gasteiger partial charge in [-0.15, -0.1) is 0 Å². The summed E-state index contributed by atoms with van der Waals surface area (Å²) >= 11 is 0. The highest BCUT2D eigenvalue weighted by Gasteiger charge is 2.21. The third-order valence-electron chi connectivity index (χ3n) is 3.28. The first kappa shape index (κ1) is 14.3. The molecule has 0 spiro atoms. The van der Waals surface area contributed by atoms with Gasteiger partial charge >= 0.3 is 0 Å². The second-order valence-corrected chi connectivity index (χ2v) is 5.77. The van der Waals surface area contributed by atoms with Crippen molar-refractivity contribution in [3.05, 3.63) is 0 Å². The number of guanidine groups is 1. The summed E-state index contributed by atoms with van der Waals surface area (Å²) < 4.78 is 0. The Morgan fingerprint density at radius 3 is 2.47 bits per heavy atom. The van der Waals surface area contributed by atoms with Gasteiger partial charge in [-0.25, -0.2) is 0 Å². The second-order valence-electron chi connectivity index (χ2n) is 5.77. The number of rotatable bonds is 7. The largest absolute Gasteiger partial charge is 0.356 e. The molecule has 0 aromatic heterocycles. The maximum atomic E-state index is 4.27. The molecule has 1 unspecified atom stereocenters. The smallest absolute Gasteiger partial charge is 0.191 e. The van der Waals surface area contributed by atoms with Crippen LogP contribution in [0, 0.1) is 11.8 Å². The van der Waals surface area contributed by atoms with Crippen molar-refractivity contribution in [2.75, 3.05) is 13.6 Å². The number of aliphatic imine (C=N–C) groups is 1. The summed E-state index contributed by atoms with van der Waals surface area (Å²) in [6.07, 6.45) is 6.61. The minimum absolute atomic E-state index is 0.513. The molecular weight excluding hydrogens is 210 g/mol. The zero-order valence-electron chi connectivity index (χ0n) is 11.9. The first-order valence-electron chi connectivity index (χ1n) is 7.09. The third-order valence-corrected chi connectivity index (χ3v) is 3.28. The number of hydrogen-bond donors (Lipinski definition) is 2. The van der Waals surface area contributed by atoms with Gasteiger partial charge in [-0.1, -0.05) is 26.7 Å². The lowest BCUT2D eigenvalue weighted by Gasteiger charge is -2.18. The lowest BCUT2D eigenvalue weighted by molar-refractivity contribution is 0.491. The summed E-state index contributed by atoms with van der Waals surface area (Å²) in [7, 11) is 1.85. The fraction of sp³-hybridized carbons (Fsp3) is 0.929. The van der Waals surface area contributed by atoms with Gasteiger partial charge in [-0.05, 0) is 38.0 Å². The quantitative estimate of drug-likeness (QED) is 0.529. The van der Waals surface area contributed by atoms with Gasteiger partial charge in [0.05, 0.1) is 0 Å². The first-order chi connectivity index (χ1) is 8.11. The van der Waals surface area contributed by atoms with E-state index in [9.17, 15) is 0 Å². The Morgan fingerprint density at radius 1 is 1.24 bits per heavy atom. The topological polar surface area (TPSA) is 36.4 Å². The lowest BCUT2D eigenvalue weighted by Crippen LogP contribution is -2.42. The third kappa shape index (κ3) is 7.24. The van der Waals surface area contributed by atoms with E-state index in [-0.39, 0.29) is 0 Å². The monoisotopic (exact) mass is 239 g/mol. The van der Waals surface area contributed by atoms with Gasteiger partial charge in [-0.2, -0.15) is 0 Å². The Balaban J connectivity index is 2.10. The Bertz CT molecular complexity index is 232. The van der Waals surface area contributed by atoms with Gasteiger partial charge in [0.1, 0.15) is 0 Å². The average molecular weight is 239 g/mol. The molecule has 17 heavy (non-hydrogen) atoms. The van der Waals surface area contributed by atoms with Crippen LogP contribution in [0.25, 0.3) is 0 Å². The normalized spacial score (nSPS) is 18.3. The molecule has 0 saturated heterocycles. The molecule has 3 heteroatoms. The minimum atomic E-state index is 0.513. The molecule has 0 aromatic rings. The predicted octanol–water partition coefficient (Wildman–Crippen LogP) is 2.78. The Kier molecular flexibility index (Phi) is 6.38. The van der Waals surface area contributed by atoms with Crippen molar-refractivity contribution in [2.24, 2.45) is 16.8 Å². The van der Waals surface area contributed by atoms with Gasteiger partial charge in [0.25, 0.3) is 0 Å². The molecule has 100 valence electrons. The summed E-state index contributed by atoms with van der Waals surface area (Å²) in [5.41, 5.74) is 0. The molecule has 1 aliphatic carbocycles. The highest BCUT2D eigenvalue weighted by molar-refractivity contribution is 5.79. The van der Waals surface area contributed by atoms with Crippen molar-refractivity contribution in [3.8, 4) is 0 Å². The highest BCUT2D eigenvalue weighted by atomic mass is 15.2. The van der Waals surface area contributed by atoms with Crippen molar-refractivity contribution in [1.82, 2.24) is 10.6 Å². The molecule has 0 heterocycles. The highest BCUT2D eigenvalue weighted by Crippen LogP contribution is 2.27. The predicted molar refractivity (Wildman–Crippen MR) is 75.4 cm³/mol. The lowest BCUT2D eigenvalue weighted by atomic mass is 10.0. The van der Waals surface area contributed by atoms with Crippen LogP contribution in [0.15, 0.2) is 4.99 Å². The standard InChI is InChI=1S/C14H29N3/c1-11(2)6-5-7-12(3)17-14(15-4)16-10-13-8-9-13/h11-13H,5-10H2,1-4H3,(H2,15,16,17). The van der Waals surface area contributed by atoms with Crippen LogP contribution < -0.4 is 10.6 Å². The van der Waals surface area contributed by atoms with Crippen LogP contribution in [0.2, 0.25) is 0 Å². The van der Waals surface area contributed by atoms with Crippen LogP contribution in [0.4, 0.5) is 0 Å². The van der Waals surface area contributed by atoms with Crippen LogP contribution in [0.1, 0.15) is 52.9 Å². The maximum Gasteiger partial charge on any atom is 0.191 e. The fourth-order valence-electron chi connectivity index (χ4n) is 1.90. The van der Waals surface area contributed by atoms with Gasteiger partial charge in [0, 0.05) is 19.6 Å². The Morgan fingerprint density at radius 2 is 1.94 bits per heavy atom. The van der Waals surface area contributed by atoms with Gasteiger partial charge in [-0.3, -0.25) is 4.99 Å². The maximum absolute atomic E-state index is 4.27. The Labute approximate surface area is 106 Å². The summed E-state index contributed by atoms with van der Waals surface area (Å²) in [5.74, 6) is 2.67. The van der Waals surface area contributed by atoms with Crippen molar-refractivity contribution in [1.29, 1.82) is 0 Å². The molecule has 0 aromatic carbocycles. The number of nitrogens with zero attached hydrogens (tertiary/aromatic N) is 1. The number of nitrogens with one attached hydrogen (secondary N) is 2. The summed E-state index contributed by atoms with van der Waals surface area (Å²) in [6.45, 7) is 7.89. The molecule has 1 aliphatic rings. The van der Waals surface area contributed by atoms with E-state index in [4.69, 9.17) is 0 Å². The average Bonchev–Trinajstić information content (AvgIpc) is 3.07. The van der Waals surface area contributed by atoms with E-state index in [0.717, 1.165) is 24.3 Å². The van der Waals surface area contributed by atoms with E-state index >= 15 is 0 Å². The number of hydrogen-bond acceptors (Lipinski definition) is 1. The summed E-state index contributed by atoms with van der Waals surface area (Å²) in [6, 6.07) is 0.513. The zero-order chi connectivity index (χ0) is 12.7. The molecule has 1 atom stereocenters. The zero-order valence-corrected chi connectivity index (χ0v) is 11.9. The molecule has 0 aliphatic heterocycles. The van der Waals surface area contributed by atoms with E-state index in [1.165, 1.54) is 32.1 Å². The van der Waals surface area contributed by atoms with Crippen molar-refractivity contribution in [3.63, 3.8) is 0 Å². The van der Waals surface area contributed by atoms with Crippen LogP contribution in [0.3, 0.4) is 0 Å². The molecule has 0 amide bonds. The van der Waals surface area contributed by atoms with Crippen LogP contribution in [0.5, 0.6) is 0 Å². The SMILES string of the molecule is CN=C(NCC1CC1)NC(C)CCCC(C)C. The van der Waals surface area contributed by atoms with Gasteiger partial charge in [0.2, 0.25) is 0 Å². The van der Waals surface area contributed by atoms with E-state index in [2.05, 4.69) is 36.4 Å². The second kappa shape index (κ2) is 7.57. The van der Waals surface area contributed by atoms with Gasteiger partial charge < -0.3 is 10.6 Å². The molecule has 0 radical (unpaired) electrons. The van der Waals surface area contributed by atoms with Crippen LogP contribution in [-0.2, 0) is 0 Å². The molecular formula is C14H29N3. The van der Waals surface area contributed by atoms with Crippen molar-refractivity contribution >= 4 is 5.96 Å². The van der Waals surface area contributed by atoms with E-state index < -0.39 is 0 Å². The molecule has 1 saturated carbocycles. The van der Waals surface area contributed by atoms with E-state index in [1.807, 2.05) is 7.05 Å². The van der Waals surface area contributed by atoms with E-state index in [1.54, 1.807) is 0 Å². The summed E-state index contributed by atoms with van der Waals surface area (Å²) in [5, 5.41) is 6.86. The van der Waals surface area contributed by atoms with Gasteiger partial charge in [0.15, 0.2) is 5.96 Å².